The highest BCUT2D eigenvalue weighted by molar-refractivity contribution is 5.77. The lowest BCUT2D eigenvalue weighted by Gasteiger charge is -1.93. The second kappa shape index (κ2) is 2.39. The SMILES string of the molecule is [N]c1ccc(C=O)cc1O. The van der Waals surface area contributed by atoms with E-state index in [9.17, 15) is 4.79 Å². The summed E-state index contributed by atoms with van der Waals surface area (Å²) >= 11 is 0. The van der Waals surface area contributed by atoms with Gasteiger partial charge in [-0.1, -0.05) is 0 Å². The summed E-state index contributed by atoms with van der Waals surface area (Å²) in [6, 6.07) is 3.88. The summed E-state index contributed by atoms with van der Waals surface area (Å²) in [6.07, 6.45) is 0.596. The van der Waals surface area contributed by atoms with E-state index in [-0.39, 0.29) is 11.4 Å². The van der Waals surface area contributed by atoms with Gasteiger partial charge in [-0.3, -0.25) is 4.79 Å². The highest BCUT2D eigenvalue weighted by Crippen LogP contribution is 2.20. The third kappa shape index (κ3) is 1.07. The van der Waals surface area contributed by atoms with E-state index in [0.717, 1.165) is 0 Å². The van der Waals surface area contributed by atoms with Crippen molar-refractivity contribution in [3.05, 3.63) is 23.8 Å². The predicted octanol–water partition coefficient (Wildman–Crippen LogP) is 0.905. The van der Waals surface area contributed by atoms with Crippen LogP contribution in [0.15, 0.2) is 18.2 Å². The lowest BCUT2D eigenvalue weighted by Crippen LogP contribution is -1.78. The van der Waals surface area contributed by atoms with E-state index in [4.69, 9.17) is 10.8 Å². The Morgan fingerprint density at radius 2 is 2.20 bits per heavy atom. The number of rotatable bonds is 1. The molecule has 0 saturated carbocycles. The van der Waals surface area contributed by atoms with Crippen molar-refractivity contribution < 1.29 is 9.90 Å². The van der Waals surface area contributed by atoms with Gasteiger partial charge in [0.2, 0.25) is 0 Å². The number of hydrogen-bond acceptors (Lipinski definition) is 2. The smallest absolute Gasteiger partial charge is 0.150 e. The zero-order chi connectivity index (χ0) is 7.56. The van der Waals surface area contributed by atoms with Crippen LogP contribution in [0.4, 0.5) is 5.69 Å². The van der Waals surface area contributed by atoms with Crippen LogP contribution in [0.1, 0.15) is 10.4 Å². The highest BCUT2D eigenvalue weighted by atomic mass is 16.3. The maximum atomic E-state index is 10.1. The number of phenols is 1. The fourth-order valence-electron chi connectivity index (χ4n) is 0.614. The molecule has 10 heavy (non-hydrogen) atoms. The average molecular weight is 135 g/mol. The van der Waals surface area contributed by atoms with E-state index in [2.05, 4.69) is 0 Å². The number of carbonyl (C=O) groups excluding carboxylic acids is 1. The zero-order valence-corrected chi connectivity index (χ0v) is 5.11. The van der Waals surface area contributed by atoms with Crippen molar-refractivity contribution in [1.82, 2.24) is 5.73 Å². The molecule has 0 fully saturated rings. The Bertz CT molecular complexity index is 258. The molecule has 0 bridgehead atoms. The molecule has 0 aliphatic carbocycles. The van der Waals surface area contributed by atoms with Gasteiger partial charge in [-0.15, -0.1) is 5.73 Å². The molecule has 1 aromatic rings. The standard InChI is InChI=1S/C7H5NO2/c8-6-2-1-5(4-9)3-7(6)10/h1-4,10H. The van der Waals surface area contributed by atoms with Gasteiger partial charge in [0.1, 0.15) is 17.7 Å². The Balaban J connectivity index is 3.16. The molecule has 0 saturated heterocycles. The van der Waals surface area contributed by atoms with Crippen LogP contribution in [-0.2, 0) is 0 Å². The second-order valence-electron chi connectivity index (χ2n) is 1.87. The minimum Gasteiger partial charge on any atom is -0.506 e. The molecule has 0 aliphatic heterocycles. The molecule has 3 nitrogen and oxygen atoms in total. The van der Waals surface area contributed by atoms with Gasteiger partial charge in [-0.05, 0) is 18.2 Å². The lowest BCUT2D eigenvalue weighted by molar-refractivity contribution is 0.112. The first-order chi connectivity index (χ1) is 4.74. The van der Waals surface area contributed by atoms with Crippen molar-refractivity contribution in [1.29, 1.82) is 0 Å². The third-order valence-electron chi connectivity index (χ3n) is 1.14. The molecule has 0 unspecified atom stereocenters. The predicted molar refractivity (Wildman–Crippen MR) is 35.3 cm³/mol. The third-order valence-corrected chi connectivity index (χ3v) is 1.14. The van der Waals surface area contributed by atoms with Gasteiger partial charge >= 0.3 is 0 Å². The minimum absolute atomic E-state index is 0.217. The number of aromatic hydroxyl groups is 1. The van der Waals surface area contributed by atoms with Crippen LogP contribution in [0.2, 0.25) is 0 Å². The molecule has 0 atom stereocenters. The Morgan fingerprint density at radius 1 is 1.50 bits per heavy atom. The minimum atomic E-state index is -0.274. The van der Waals surface area contributed by atoms with Crippen molar-refractivity contribution in [2.24, 2.45) is 0 Å². The van der Waals surface area contributed by atoms with Crippen LogP contribution in [-0.4, -0.2) is 11.4 Å². The maximum Gasteiger partial charge on any atom is 0.150 e. The molecule has 0 aliphatic rings. The molecular weight excluding hydrogens is 130 g/mol. The topological polar surface area (TPSA) is 59.6 Å². The molecule has 3 heteroatoms. The van der Waals surface area contributed by atoms with E-state index < -0.39 is 0 Å². The van der Waals surface area contributed by atoms with E-state index in [1.807, 2.05) is 0 Å². The van der Waals surface area contributed by atoms with E-state index in [1.165, 1.54) is 18.2 Å². The monoisotopic (exact) mass is 135 g/mol. The molecule has 1 rings (SSSR count). The molecule has 0 amide bonds. The fourth-order valence-corrected chi connectivity index (χ4v) is 0.614. The van der Waals surface area contributed by atoms with E-state index >= 15 is 0 Å². The van der Waals surface area contributed by atoms with Crippen molar-refractivity contribution >= 4 is 12.0 Å². The fraction of sp³-hybridized carbons (Fsp3) is 0. The number of benzene rings is 1. The summed E-state index contributed by atoms with van der Waals surface area (Å²) < 4.78 is 0. The highest BCUT2D eigenvalue weighted by Gasteiger charge is 1.97. The van der Waals surface area contributed by atoms with Crippen molar-refractivity contribution in [3.8, 4) is 5.75 Å². The quantitative estimate of drug-likeness (QED) is 0.581. The number of hydrogen-bond donors (Lipinski definition) is 1. The number of phenolic OH excluding ortho intramolecular Hbond substituents is 1. The van der Waals surface area contributed by atoms with Gasteiger partial charge in [0.05, 0.1) is 0 Å². The lowest BCUT2D eigenvalue weighted by atomic mass is 10.2. The Hall–Kier alpha value is -1.51. The Labute approximate surface area is 58.1 Å². The molecule has 2 radical (unpaired) electrons. The van der Waals surface area contributed by atoms with Gasteiger partial charge in [0.15, 0.2) is 0 Å². The van der Waals surface area contributed by atoms with Gasteiger partial charge in [0.25, 0.3) is 0 Å². The first-order valence-corrected chi connectivity index (χ1v) is 2.71. The van der Waals surface area contributed by atoms with Crippen LogP contribution >= 0.6 is 0 Å². The summed E-state index contributed by atoms with van der Waals surface area (Å²) in [5.41, 5.74) is 8.90. The van der Waals surface area contributed by atoms with Crippen LogP contribution in [0.5, 0.6) is 5.75 Å². The van der Waals surface area contributed by atoms with Gasteiger partial charge in [-0.2, -0.15) is 0 Å². The Morgan fingerprint density at radius 3 is 2.70 bits per heavy atom. The molecule has 0 aromatic heterocycles. The summed E-state index contributed by atoms with van der Waals surface area (Å²) in [6.45, 7) is 0. The summed E-state index contributed by atoms with van der Waals surface area (Å²) in [7, 11) is 0. The van der Waals surface area contributed by atoms with Gasteiger partial charge in [-0.25, -0.2) is 0 Å². The van der Waals surface area contributed by atoms with E-state index in [1.54, 1.807) is 0 Å². The molecule has 0 heterocycles. The molecule has 1 N–H and O–H groups in total. The van der Waals surface area contributed by atoms with Crippen LogP contribution in [0.25, 0.3) is 0 Å². The largest absolute Gasteiger partial charge is 0.506 e. The maximum absolute atomic E-state index is 10.1. The van der Waals surface area contributed by atoms with Gasteiger partial charge < -0.3 is 5.11 Å². The average Bonchev–Trinajstić information content (AvgIpc) is 1.95. The van der Waals surface area contributed by atoms with Crippen LogP contribution in [0.3, 0.4) is 0 Å². The molecule has 1 aromatic carbocycles. The number of nitrogens with zero attached hydrogens (tertiary/aromatic N) is 1. The summed E-state index contributed by atoms with van der Waals surface area (Å²) in [5.74, 6) is -0.274. The van der Waals surface area contributed by atoms with Crippen molar-refractivity contribution in [2.45, 2.75) is 0 Å². The first kappa shape index (κ1) is 6.61. The van der Waals surface area contributed by atoms with E-state index in [0.29, 0.717) is 11.8 Å². The Kier molecular flexibility index (Phi) is 1.58. The zero-order valence-electron chi connectivity index (χ0n) is 5.11. The van der Waals surface area contributed by atoms with Gasteiger partial charge in [0, 0.05) is 5.56 Å². The first-order valence-electron chi connectivity index (χ1n) is 2.71. The van der Waals surface area contributed by atoms with Crippen molar-refractivity contribution in [2.75, 3.05) is 0 Å². The molecule has 0 spiro atoms. The van der Waals surface area contributed by atoms with Crippen LogP contribution < -0.4 is 5.73 Å². The second-order valence-corrected chi connectivity index (χ2v) is 1.87. The number of aldehydes is 1. The summed E-state index contributed by atoms with van der Waals surface area (Å²) in [5, 5.41) is 8.82. The normalized spacial score (nSPS) is 9.20. The molecular formula is C7H5NO2. The van der Waals surface area contributed by atoms with Crippen molar-refractivity contribution in [3.63, 3.8) is 0 Å². The number of carbonyl (C=O) groups is 1. The molecule has 50 valence electrons. The van der Waals surface area contributed by atoms with Crippen LogP contribution in [0, 0.1) is 0 Å². The summed E-state index contributed by atoms with van der Waals surface area (Å²) in [4.78, 5) is 10.1.